The summed E-state index contributed by atoms with van der Waals surface area (Å²) in [5.41, 5.74) is 0. The summed E-state index contributed by atoms with van der Waals surface area (Å²) in [5, 5.41) is 0. The topological polar surface area (TPSA) is 97.4 Å². The molecule has 0 aromatic carbocycles. The van der Waals surface area contributed by atoms with Crippen LogP contribution in [0.2, 0.25) is 0 Å². The van der Waals surface area contributed by atoms with Gasteiger partial charge < -0.3 is 23.7 Å². The smallest absolute Gasteiger partial charge is 0.303 e. The number of carbonyl (C=O) groups excluding carboxylic acids is 3. The van der Waals surface area contributed by atoms with Gasteiger partial charge in [0, 0.05) is 40.0 Å². The third-order valence-corrected chi connectivity index (χ3v) is 2.36. The zero-order valence-electron chi connectivity index (χ0n) is 19.3. The van der Waals surface area contributed by atoms with Gasteiger partial charge in [-0.05, 0) is 0 Å². The summed E-state index contributed by atoms with van der Waals surface area (Å²) in [5.74, 6) is -5.31. The molecule has 0 spiro atoms. The van der Waals surface area contributed by atoms with E-state index in [0.717, 1.165) is 7.11 Å². The van der Waals surface area contributed by atoms with E-state index in [1.807, 2.05) is 0 Å². The molecule has 20 heavy (non-hydrogen) atoms. The Kier molecular flexibility index (Phi) is 2.65. The van der Waals surface area contributed by atoms with Crippen LogP contribution in [0.25, 0.3) is 0 Å². The van der Waals surface area contributed by atoms with Crippen LogP contribution in [0.15, 0.2) is 0 Å². The van der Waals surface area contributed by atoms with Gasteiger partial charge in [0.25, 0.3) is 0 Å². The molecule has 0 bridgehead atoms. The van der Waals surface area contributed by atoms with Crippen molar-refractivity contribution in [1.82, 2.24) is 0 Å². The van der Waals surface area contributed by atoms with Crippen LogP contribution in [0.3, 0.4) is 0 Å². The monoisotopic (exact) mass is 299 g/mol. The third-order valence-electron chi connectivity index (χ3n) is 2.36. The molecule has 1 aliphatic heterocycles. The van der Waals surface area contributed by atoms with Crippen LogP contribution in [-0.4, -0.2) is 56.2 Å². The molecule has 1 heterocycles. The van der Waals surface area contributed by atoms with Gasteiger partial charge in [0.15, 0.2) is 24.6 Å². The van der Waals surface area contributed by atoms with Gasteiger partial charge in [0.2, 0.25) is 0 Å². The second-order valence-corrected chi connectivity index (χ2v) is 3.62. The molecule has 0 amide bonds. The first-order valence-electron chi connectivity index (χ1n) is 9.76. The number of ether oxygens (including phenoxy) is 5. The van der Waals surface area contributed by atoms with E-state index in [0.29, 0.717) is 0 Å². The molecule has 8 nitrogen and oxygen atoms in total. The normalized spacial score (nSPS) is 38.0. The van der Waals surface area contributed by atoms with Crippen molar-refractivity contribution >= 4 is 17.9 Å². The summed E-state index contributed by atoms with van der Waals surface area (Å²) in [4.78, 5) is 35.3. The molecule has 0 aliphatic carbocycles. The van der Waals surface area contributed by atoms with Crippen molar-refractivity contribution in [2.24, 2.45) is 0 Å². The fourth-order valence-electron chi connectivity index (χ4n) is 1.70. The molecule has 1 aliphatic rings. The number of carbonyl (C=O) groups is 3. The maximum atomic E-state index is 11.8. The molecular formula is C12H18O8. The standard InChI is InChI=1S/C12H18O8/c1-6(13)18-9-5-17-12(16-4)11(20-8(3)15)10(9)19-7(2)14/h9-12H,5H2,1-4H3/t9-,10-,11-,12?/m1/s1/i1D3,2D3,3D3. The zero-order chi connectivity index (χ0) is 22.8. The van der Waals surface area contributed by atoms with Gasteiger partial charge in [-0.3, -0.25) is 14.4 Å². The van der Waals surface area contributed by atoms with E-state index < -0.39 is 69.7 Å². The lowest BCUT2D eigenvalue weighted by Crippen LogP contribution is -2.57. The summed E-state index contributed by atoms with van der Waals surface area (Å²) >= 11 is 0. The largest absolute Gasteiger partial charge is 0.456 e. The number of rotatable bonds is 4. The van der Waals surface area contributed by atoms with Crippen LogP contribution in [0.5, 0.6) is 0 Å². The Balaban J connectivity index is 3.25. The molecule has 1 saturated heterocycles. The number of methoxy groups -OCH3 is 1. The lowest BCUT2D eigenvalue weighted by atomic mass is 10.0. The van der Waals surface area contributed by atoms with Gasteiger partial charge in [0.05, 0.1) is 6.61 Å². The predicted molar refractivity (Wildman–Crippen MR) is 63.4 cm³/mol. The Morgan fingerprint density at radius 1 is 1.00 bits per heavy atom. The van der Waals surface area contributed by atoms with Gasteiger partial charge in [-0.25, -0.2) is 0 Å². The van der Waals surface area contributed by atoms with E-state index in [-0.39, 0.29) is 0 Å². The van der Waals surface area contributed by atoms with Crippen LogP contribution in [0.4, 0.5) is 0 Å². The van der Waals surface area contributed by atoms with E-state index in [1.54, 1.807) is 0 Å². The molecule has 1 unspecified atom stereocenters. The van der Waals surface area contributed by atoms with Crippen molar-refractivity contribution in [2.75, 3.05) is 13.7 Å². The van der Waals surface area contributed by atoms with Crippen molar-refractivity contribution < 1.29 is 50.4 Å². The van der Waals surface area contributed by atoms with Gasteiger partial charge >= 0.3 is 17.9 Å². The van der Waals surface area contributed by atoms with Crippen LogP contribution in [0.1, 0.15) is 32.9 Å². The minimum atomic E-state index is -3.28. The van der Waals surface area contributed by atoms with Crippen LogP contribution in [-0.2, 0) is 38.1 Å². The highest BCUT2D eigenvalue weighted by atomic mass is 16.7. The van der Waals surface area contributed by atoms with Crippen LogP contribution in [0, 0.1) is 0 Å². The average molecular weight is 299 g/mol. The Bertz CT molecular complexity index is 626. The van der Waals surface area contributed by atoms with Crippen molar-refractivity contribution in [3.05, 3.63) is 0 Å². The molecule has 0 aromatic rings. The minimum absolute atomic E-state index is 0.638. The average Bonchev–Trinajstić information content (AvgIpc) is 2.54. The minimum Gasteiger partial charge on any atom is -0.456 e. The summed E-state index contributed by atoms with van der Waals surface area (Å²) < 4.78 is 87.6. The van der Waals surface area contributed by atoms with Gasteiger partial charge in [0.1, 0.15) is 0 Å². The van der Waals surface area contributed by atoms with E-state index in [4.69, 9.17) is 36.0 Å². The van der Waals surface area contributed by atoms with Crippen molar-refractivity contribution in [1.29, 1.82) is 0 Å². The molecule has 4 atom stereocenters. The predicted octanol–water partition coefficient (Wildman–Crippen LogP) is -0.216. The van der Waals surface area contributed by atoms with Crippen LogP contribution < -0.4 is 0 Å². The molecule has 0 radical (unpaired) electrons. The summed E-state index contributed by atoms with van der Waals surface area (Å²) in [6, 6.07) is 0. The van der Waals surface area contributed by atoms with E-state index >= 15 is 0 Å². The first kappa shape index (κ1) is 7.37. The maximum Gasteiger partial charge on any atom is 0.303 e. The molecular weight excluding hydrogens is 272 g/mol. The number of hydrogen-bond donors (Lipinski definition) is 0. The molecule has 8 heteroatoms. The van der Waals surface area contributed by atoms with E-state index in [1.165, 1.54) is 0 Å². The number of hydrogen-bond acceptors (Lipinski definition) is 8. The maximum absolute atomic E-state index is 11.8. The Hall–Kier alpha value is -1.67. The highest BCUT2D eigenvalue weighted by Gasteiger charge is 2.47. The quantitative estimate of drug-likeness (QED) is 0.519. The first-order valence-corrected chi connectivity index (χ1v) is 5.26. The molecule has 114 valence electrons. The number of esters is 3. The summed E-state index contributed by atoms with van der Waals surface area (Å²) in [6.45, 7) is -10.4. The highest BCUT2D eigenvalue weighted by molar-refractivity contribution is 5.68. The highest BCUT2D eigenvalue weighted by Crippen LogP contribution is 2.24. The summed E-state index contributed by atoms with van der Waals surface area (Å²) in [6.07, 6.45) is -7.10. The zero-order valence-corrected chi connectivity index (χ0v) is 10.3. The molecule has 1 fully saturated rings. The van der Waals surface area contributed by atoms with Crippen molar-refractivity contribution in [2.45, 2.75) is 45.2 Å². The Labute approximate surface area is 128 Å². The second kappa shape index (κ2) is 7.20. The van der Waals surface area contributed by atoms with Gasteiger partial charge in [-0.15, -0.1) is 0 Å². The summed E-state index contributed by atoms with van der Waals surface area (Å²) in [7, 11) is 1.05. The third kappa shape index (κ3) is 4.46. The second-order valence-electron chi connectivity index (χ2n) is 3.62. The lowest BCUT2D eigenvalue weighted by Gasteiger charge is -2.39. The van der Waals surface area contributed by atoms with Crippen molar-refractivity contribution in [3.63, 3.8) is 0 Å². The first-order chi connectivity index (χ1) is 13.0. The fourth-order valence-corrected chi connectivity index (χ4v) is 1.70. The Morgan fingerprint density at radius 3 is 2.10 bits per heavy atom. The molecule has 0 aromatic heterocycles. The lowest BCUT2D eigenvalue weighted by molar-refractivity contribution is -0.274. The van der Waals surface area contributed by atoms with Gasteiger partial charge in [-0.1, -0.05) is 0 Å². The van der Waals surface area contributed by atoms with E-state index in [9.17, 15) is 14.4 Å². The molecule has 0 saturated carbocycles. The van der Waals surface area contributed by atoms with Gasteiger partial charge in [-0.2, -0.15) is 0 Å². The van der Waals surface area contributed by atoms with Crippen LogP contribution >= 0.6 is 0 Å². The molecule has 1 rings (SSSR count). The fraction of sp³-hybridized carbons (Fsp3) is 0.750. The molecule has 0 N–H and O–H groups in total. The Morgan fingerprint density at radius 2 is 1.55 bits per heavy atom. The van der Waals surface area contributed by atoms with Crippen molar-refractivity contribution in [3.8, 4) is 0 Å². The van der Waals surface area contributed by atoms with E-state index in [2.05, 4.69) is 0 Å². The SMILES string of the molecule is [2H]C([2H])([2H])C(=O)O[C@@H]1[C@H](OC(=O)C([2H])([2H])[2H])COC(OC)[C@@H]1OC(=O)C([2H])([2H])[2H].